The van der Waals surface area contributed by atoms with Gasteiger partial charge in [0, 0.05) is 18.7 Å². The molecular formula is C16H19N3O2S. The van der Waals surface area contributed by atoms with Crippen molar-refractivity contribution in [2.24, 2.45) is 5.92 Å². The number of fused-ring (bicyclic) bond motifs is 1. The van der Waals surface area contributed by atoms with E-state index in [9.17, 15) is 9.59 Å². The molecule has 1 N–H and O–H groups in total. The van der Waals surface area contributed by atoms with E-state index in [1.807, 2.05) is 18.2 Å². The van der Waals surface area contributed by atoms with E-state index in [2.05, 4.69) is 24.1 Å². The standard InChI is InChI=1S/C16H19N3O2S/c1-10(2)7-13-15(20)17-5-6-19(13)16(21)11-3-4-14-12(8-11)18-9-22-14/h3-4,8-10,13H,5-7H2,1-2H3,(H,17,20). The van der Waals surface area contributed by atoms with Gasteiger partial charge in [0.2, 0.25) is 5.91 Å². The normalized spacial score (nSPS) is 18.8. The number of piperazine rings is 1. The van der Waals surface area contributed by atoms with Crippen molar-refractivity contribution in [1.29, 1.82) is 0 Å². The summed E-state index contributed by atoms with van der Waals surface area (Å²) in [6.07, 6.45) is 0.677. The van der Waals surface area contributed by atoms with E-state index < -0.39 is 0 Å². The molecule has 1 aromatic carbocycles. The number of benzene rings is 1. The van der Waals surface area contributed by atoms with Gasteiger partial charge in [-0.05, 0) is 30.5 Å². The van der Waals surface area contributed by atoms with Crippen LogP contribution in [0.3, 0.4) is 0 Å². The van der Waals surface area contributed by atoms with Crippen LogP contribution in [-0.4, -0.2) is 40.8 Å². The second kappa shape index (κ2) is 6.04. The highest BCUT2D eigenvalue weighted by Crippen LogP contribution is 2.22. The van der Waals surface area contributed by atoms with E-state index in [0.29, 0.717) is 31.0 Å². The average Bonchev–Trinajstić information content (AvgIpc) is 2.95. The number of hydrogen-bond donors (Lipinski definition) is 1. The Bertz CT molecular complexity index is 710. The van der Waals surface area contributed by atoms with Gasteiger partial charge >= 0.3 is 0 Å². The van der Waals surface area contributed by atoms with Gasteiger partial charge in [0.25, 0.3) is 5.91 Å². The minimum Gasteiger partial charge on any atom is -0.353 e. The first-order valence-corrected chi connectivity index (χ1v) is 8.36. The maximum absolute atomic E-state index is 12.8. The van der Waals surface area contributed by atoms with E-state index in [1.54, 1.807) is 21.7 Å². The summed E-state index contributed by atoms with van der Waals surface area (Å²) < 4.78 is 1.06. The van der Waals surface area contributed by atoms with Crippen molar-refractivity contribution >= 4 is 33.4 Å². The summed E-state index contributed by atoms with van der Waals surface area (Å²) in [6, 6.07) is 5.17. The van der Waals surface area contributed by atoms with Gasteiger partial charge in [-0.3, -0.25) is 9.59 Å². The quantitative estimate of drug-likeness (QED) is 0.944. The van der Waals surface area contributed by atoms with Gasteiger partial charge in [0.05, 0.1) is 15.7 Å². The number of hydrogen-bond acceptors (Lipinski definition) is 4. The summed E-state index contributed by atoms with van der Waals surface area (Å²) in [5, 5.41) is 2.86. The van der Waals surface area contributed by atoms with Crippen molar-refractivity contribution in [2.75, 3.05) is 13.1 Å². The third-order valence-electron chi connectivity index (χ3n) is 3.86. The second-order valence-electron chi connectivity index (χ2n) is 5.97. The van der Waals surface area contributed by atoms with Crippen molar-refractivity contribution in [3.8, 4) is 0 Å². The van der Waals surface area contributed by atoms with Gasteiger partial charge in [-0.25, -0.2) is 4.98 Å². The van der Waals surface area contributed by atoms with Crippen LogP contribution in [0, 0.1) is 5.92 Å². The molecule has 1 aliphatic heterocycles. The van der Waals surface area contributed by atoms with Crippen LogP contribution >= 0.6 is 11.3 Å². The first-order chi connectivity index (χ1) is 10.6. The molecule has 3 rings (SSSR count). The number of amides is 2. The van der Waals surface area contributed by atoms with Gasteiger partial charge < -0.3 is 10.2 Å². The highest BCUT2D eigenvalue weighted by molar-refractivity contribution is 7.16. The average molecular weight is 317 g/mol. The number of carbonyl (C=O) groups excluding carboxylic acids is 2. The number of aromatic nitrogens is 1. The summed E-state index contributed by atoms with van der Waals surface area (Å²) in [4.78, 5) is 30.9. The molecule has 1 atom stereocenters. The van der Waals surface area contributed by atoms with Gasteiger partial charge in [-0.15, -0.1) is 11.3 Å². The van der Waals surface area contributed by atoms with Crippen LogP contribution in [-0.2, 0) is 4.79 Å². The van der Waals surface area contributed by atoms with Crippen LogP contribution < -0.4 is 5.32 Å². The number of nitrogens with zero attached hydrogens (tertiary/aromatic N) is 2. The van der Waals surface area contributed by atoms with E-state index in [4.69, 9.17) is 0 Å². The fourth-order valence-corrected chi connectivity index (χ4v) is 3.45. The Morgan fingerprint density at radius 2 is 2.32 bits per heavy atom. The molecule has 0 aliphatic carbocycles. The molecule has 1 aliphatic rings. The van der Waals surface area contributed by atoms with Crippen molar-refractivity contribution in [3.05, 3.63) is 29.3 Å². The molecule has 116 valence electrons. The number of nitrogens with one attached hydrogen (secondary N) is 1. The molecule has 0 saturated carbocycles. The minimum absolute atomic E-state index is 0.0527. The summed E-state index contributed by atoms with van der Waals surface area (Å²) in [7, 11) is 0. The zero-order chi connectivity index (χ0) is 15.7. The first-order valence-electron chi connectivity index (χ1n) is 7.48. The summed E-state index contributed by atoms with van der Waals surface area (Å²) in [5.41, 5.74) is 3.20. The topological polar surface area (TPSA) is 62.3 Å². The summed E-state index contributed by atoms with van der Waals surface area (Å²) in [6.45, 7) is 5.19. The molecule has 22 heavy (non-hydrogen) atoms. The lowest BCUT2D eigenvalue weighted by molar-refractivity contribution is -0.128. The highest BCUT2D eigenvalue weighted by atomic mass is 32.1. The third kappa shape index (κ3) is 2.83. The Morgan fingerprint density at radius 3 is 3.09 bits per heavy atom. The number of carbonyl (C=O) groups is 2. The Balaban J connectivity index is 1.89. The Kier molecular flexibility index (Phi) is 4.11. The molecule has 2 heterocycles. The molecule has 0 radical (unpaired) electrons. The van der Waals surface area contributed by atoms with Gasteiger partial charge in [0.1, 0.15) is 6.04 Å². The molecule has 0 spiro atoms. The van der Waals surface area contributed by atoms with Crippen LogP contribution in [0.4, 0.5) is 0 Å². The van der Waals surface area contributed by atoms with E-state index in [1.165, 1.54) is 0 Å². The van der Waals surface area contributed by atoms with E-state index in [0.717, 1.165) is 10.2 Å². The predicted molar refractivity (Wildman–Crippen MR) is 86.9 cm³/mol. The largest absolute Gasteiger partial charge is 0.353 e. The van der Waals surface area contributed by atoms with Crippen molar-refractivity contribution in [3.63, 3.8) is 0 Å². The fourth-order valence-electron chi connectivity index (χ4n) is 2.80. The van der Waals surface area contributed by atoms with Crippen LogP contribution in [0.25, 0.3) is 10.2 Å². The smallest absolute Gasteiger partial charge is 0.254 e. The molecule has 2 amide bonds. The van der Waals surface area contributed by atoms with Gasteiger partial charge in [0.15, 0.2) is 0 Å². The number of thiazole rings is 1. The zero-order valence-corrected chi connectivity index (χ0v) is 13.5. The maximum atomic E-state index is 12.8. The molecule has 1 aromatic heterocycles. The Labute approximate surface area is 133 Å². The first kappa shape index (κ1) is 15.0. The predicted octanol–water partition coefficient (Wildman–Crippen LogP) is 2.28. The lowest BCUT2D eigenvalue weighted by Crippen LogP contribution is -2.57. The lowest BCUT2D eigenvalue weighted by Gasteiger charge is -2.36. The fraction of sp³-hybridized carbons (Fsp3) is 0.438. The molecular weight excluding hydrogens is 298 g/mol. The van der Waals surface area contributed by atoms with E-state index >= 15 is 0 Å². The second-order valence-corrected chi connectivity index (χ2v) is 6.86. The zero-order valence-electron chi connectivity index (χ0n) is 12.7. The summed E-state index contributed by atoms with van der Waals surface area (Å²) in [5.74, 6) is 0.212. The Morgan fingerprint density at radius 1 is 1.50 bits per heavy atom. The van der Waals surface area contributed by atoms with Gasteiger partial charge in [-0.1, -0.05) is 13.8 Å². The van der Waals surface area contributed by atoms with Crippen molar-refractivity contribution in [1.82, 2.24) is 15.2 Å². The monoisotopic (exact) mass is 317 g/mol. The van der Waals surface area contributed by atoms with Gasteiger partial charge in [-0.2, -0.15) is 0 Å². The third-order valence-corrected chi connectivity index (χ3v) is 4.67. The lowest BCUT2D eigenvalue weighted by atomic mass is 9.99. The molecule has 1 fully saturated rings. The molecule has 2 aromatic rings. The maximum Gasteiger partial charge on any atom is 0.254 e. The molecule has 0 bridgehead atoms. The SMILES string of the molecule is CC(C)CC1C(=O)NCCN1C(=O)c1ccc2scnc2c1. The van der Waals surface area contributed by atoms with E-state index in [-0.39, 0.29) is 17.9 Å². The van der Waals surface area contributed by atoms with Crippen LogP contribution in [0.2, 0.25) is 0 Å². The van der Waals surface area contributed by atoms with Crippen molar-refractivity contribution < 1.29 is 9.59 Å². The van der Waals surface area contributed by atoms with Crippen LogP contribution in [0.1, 0.15) is 30.6 Å². The number of rotatable bonds is 3. The van der Waals surface area contributed by atoms with Crippen LogP contribution in [0.15, 0.2) is 23.7 Å². The summed E-state index contributed by atoms with van der Waals surface area (Å²) >= 11 is 1.55. The minimum atomic E-state index is -0.382. The highest BCUT2D eigenvalue weighted by Gasteiger charge is 2.33. The molecule has 6 heteroatoms. The van der Waals surface area contributed by atoms with Crippen molar-refractivity contribution in [2.45, 2.75) is 26.3 Å². The molecule has 1 saturated heterocycles. The Hall–Kier alpha value is -1.95. The van der Waals surface area contributed by atoms with Crippen LogP contribution in [0.5, 0.6) is 0 Å². The molecule has 1 unspecified atom stereocenters. The molecule has 5 nitrogen and oxygen atoms in total.